The minimum atomic E-state index is -0.0477. The first-order valence-corrected chi connectivity index (χ1v) is 19.7. The lowest BCUT2D eigenvalue weighted by Crippen LogP contribution is -2.44. The Kier molecular flexibility index (Phi) is 32.4. The van der Waals surface area contributed by atoms with E-state index in [-0.39, 0.29) is 11.9 Å². The van der Waals surface area contributed by atoms with Crippen LogP contribution in [0.4, 0.5) is 0 Å². The molecular weight excluding hydrogens is 544 g/mol. The summed E-state index contributed by atoms with van der Waals surface area (Å²) in [7, 11) is 4.35. The van der Waals surface area contributed by atoms with Crippen molar-refractivity contribution in [2.75, 3.05) is 40.3 Å². The van der Waals surface area contributed by atoms with Crippen LogP contribution in [0.2, 0.25) is 0 Å². The predicted octanol–water partition coefficient (Wildman–Crippen LogP) is 11.1. The minimum Gasteiger partial charge on any atom is -0.460 e. The molecule has 262 valence electrons. The number of carbonyl (C=O) groups excluding carboxylic acids is 2. The van der Waals surface area contributed by atoms with Crippen molar-refractivity contribution in [2.24, 2.45) is 0 Å². The molecule has 0 aromatic heterocycles. The van der Waals surface area contributed by atoms with E-state index in [1.165, 1.54) is 148 Å². The molecule has 44 heavy (non-hydrogen) atoms. The maximum Gasteiger partial charge on any atom is 0.305 e. The Labute approximate surface area is 276 Å². The normalized spacial score (nSPS) is 11.6. The van der Waals surface area contributed by atoms with Crippen LogP contribution in [0.3, 0.4) is 0 Å². The molecule has 0 radical (unpaired) electrons. The van der Waals surface area contributed by atoms with E-state index in [1.54, 1.807) is 0 Å². The Morgan fingerprint density at radius 3 is 1.25 bits per heavy atom. The molecule has 0 saturated heterocycles. The number of nitrogens with one attached hydrogen (secondary N) is 1. The van der Waals surface area contributed by atoms with Gasteiger partial charge < -0.3 is 14.5 Å². The monoisotopic (exact) mass is 624 g/mol. The number of hydrogen-bond donors (Lipinski definition) is 1. The molecule has 0 aromatic carbocycles. The van der Waals surface area contributed by atoms with Crippen molar-refractivity contribution < 1.29 is 18.8 Å². The summed E-state index contributed by atoms with van der Waals surface area (Å²) in [5, 5.41) is 3.10. The minimum absolute atomic E-state index is 0.0477. The fraction of sp³-hybridized carbons (Fsp3) is 0.949. The molecule has 0 fully saturated rings. The van der Waals surface area contributed by atoms with Crippen LogP contribution in [0.5, 0.6) is 0 Å². The summed E-state index contributed by atoms with van der Waals surface area (Å²) in [5.41, 5.74) is 0. The van der Waals surface area contributed by atoms with Crippen molar-refractivity contribution in [3.8, 4) is 0 Å². The number of ether oxygens (including phenoxy) is 1. The lowest BCUT2D eigenvalue weighted by molar-refractivity contribution is -0.890. The van der Waals surface area contributed by atoms with Gasteiger partial charge in [0.2, 0.25) is 5.91 Å². The molecule has 0 rings (SSSR count). The molecule has 0 aliphatic rings. The van der Waals surface area contributed by atoms with Crippen LogP contribution in [0, 0.1) is 0 Å². The number of nitrogens with zero attached hydrogens (tertiary/aromatic N) is 1. The van der Waals surface area contributed by atoms with E-state index in [1.807, 2.05) is 0 Å². The highest BCUT2D eigenvalue weighted by Crippen LogP contribution is 2.14. The van der Waals surface area contributed by atoms with Gasteiger partial charge >= 0.3 is 5.97 Å². The number of unbranched alkanes of at least 4 members (excludes halogenated alkanes) is 24. The van der Waals surface area contributed by atoms with Crippen LogP contribution in [-0.2, 0) is 14.3 Å². The first kappa shape index (κ1) is 42.9. The van der Waals surface area contributed by atoms with Crippen LogP contribution in [0.15, 0.2) is 0 Å². The summed E-state index contributed by atoms with van der Waals surface area (Å²) >= 11 is 0. The van der Waals surface area contributed by atoms with Crippen LogP contribution < -0.4 is 5.32 Å². The molecule has 5 heteroatoms. The molecular formula is C39H79N2O3+. The van der Waals surface area contributed by atoms with E-state index in [4.69, 9.17) is 4.74 Å². The number of esters is 1. The average molecular weight is 624 g/mol. The highest BCUT2D eigenvalue weighted by atomic mass is 16.5. The third-order valence-electron chi connectivity index (χ3n) is 9.21. The topological polar surface area (TPSA) is 55.4 Å². The van der Waals surface area contributed by atoms with Gasteiger partial charge in [0.1, 0.15) is 13.2 Å². The lowest BCUT2D eigenvalue weighted by atomic mass is 10.0. The maximum atomic E-state index is 12.2. The fourth-order valence-corrected chi connectivity index (χ4v) is 6.00. The molecule has 0 saturated carbocycles. The van der Waals surface area contributed by atoms with Crippen LogP contribution in [0.25, 0.3) is 0 Å². The van der Waals surface area contributed by atoms with Gasteiger partial charge in [0, 0.05) is 25.8 Å². The summed E-state index contributed by atoms with van der Waals surface area (Å²) < 4.78 is 6.32. The third-order valence-corrected chi connectivity index (χ3v) is 9.21. The Bertz CT molecular complexity index is 622. The molecule has 5 nitrogen and oxygen atoms in total. The third kappa shape index (κ3) is 33.8. The zero-order chi connectivity index (χ0) is 32.4. The van der Waals surface area contributed by atoms with Gasteiger partial charge in [-0.15, -0.1) is 0 Å². The van der Waals surface area contributed by atoms with Crippen LogP contribution in [-0.4, -0.2) is 56.7 Å². The predicted molar refractivity (Wildman–Crippen MR) is 191 cm³/mol. The van der Waals surface area contributed by atoms with Gasteiger partial charge in [-0.1, -0.05) is 168 Å². The van der Waals surface area contributed by atoms with Crippen LogP contribution >= 0.6 is 0 Å². The number of hydrogen-bond acceptors (Lipinski definition) is 3. The molecule has 0 atom stereocenters. The van der Waals surface area contributed by atoms with E-state index in [0.29, 0.717) is 19.4 Å². The summed E-state index contributed by atoms with van der Waals surface area (Å²) in [4.78, 5) is 24.3. The number of rotatable bonds is 35. The van der Waals surface area contributed by atoms with Crippen LogP contribution in [0.1, 0.15) is 200 Å². The number of quaternary nitrogens is 1. The highest BCUT2D eigenvalue weighted by molar-refractivity contribution is 5.75. The van der Waals surface area contributed by atoms with E-state index < -0.39 is 0 Å². The molecule has 0 aromatic rings. The van der Waals surface area contributed by atoms with Crippen molar-refractivity contribution in [1.29, 1.82) is 0 Å². The zero-order valence-electron chi connectivity index (χ0n) is 30.5. The smallest absolute Gasteiger partial charge is 0.305 e. The van der Waals surface area contributed by atoms with Gasteiger partial charge in [-0.25, -0.2) is 0 Å². The first-order chi connectivity index (χ1) is 21.4. The largest absolute Gasteiger partial charge is 0.460 e. The van der Waals surface area contributed by atoms with Gasteiger partial charge in [0.15, 0.2) is 0 Å². The van der Waals surface area contributed by atoms with Crippen molar-refractivity contribution in [2.45, 2.75) is 200 Å². The molecule has 0 heterocycles. The Morgan fingerprint density at radius 2 is 0.841 bits per heavy atom. The van der Waals surface area contributed by atoms with Crippen molar-refractivity contribution in [1.82, 2.24) is 5.32 Å². The van der Waals surface area contributed by atoms with Gasteiger partial charge in [-0.2, -0.15) is 0 Å². The maximum absolute atomic E-state index is 12.2. The summed E-state index contributed by atoms with van der Waals surface area (Å²) in [6.07, 6.45) is 36.6. The second-order valence-corrected chi connectivity index (χ2v) is 14.3. The van der Waals surface area contributed by atoms with E-state index in [0.717, 1.165) is 49.8 Å². The first-order valence-electron chi connectivity index (χ1n) is 19.7. The second-order valence-electron chi connectivity index (χ2n) is 14.3. The molecule has 0 bridgehead atoms. The van der Waals surface area contributed by atoms with E-state index >= 15 is 0 Å². The molecule has 1 N–H and O–H groups in total. The average Bonchev–Trinajstić information content (AvgIpc) is 3.00. The highest BCUT2D eigenvalue weighted by Gasteiger charge is 2.16. The van der Waals surface area contributed by atoms with Crippen molar-refractivity contribution >= 4 is 11.9 Å². The molecule has 0 aliphatic carbocycles. The molecule has 0 aliphatic heterocycles. The number of carbonyl (C=O) groups is 2. The second kappa shape index (κ2) is 33.3. The van der Waals surface area contributed by atoms with Gasteiger partial charge in [0.05, 0.1) is 20.6 Å². The summed E-state index contributed by atoms with van der Waals surface area (Å²) in [6, 6.07) is 0. The van der Waals surface area contributed by atoms with Crippen molar-refractivity contribution in [3.05, 3.63) is 0 Å². The van der Waals surface area contributed by atoms with E-state index in [2.05, 4.69) is 33.3 Å². The lowest BCUT2D eigenvalue weighted by Gasteiger charge is -2.29. The summed E-state index contributed by atoms with van der Waals surface area (Å²) in [6.45, 7) is 7.55. The Morgan fingerprint density at radius 1 is 0.477 bits per heavy atom. The molecule has 0 spiro atoms. The standard InChI is InChI=1S/C39H78N2O3/c1-5-7-9-11-13-15-17-19-21-23-25-27-29-32-38(42)40-34-31-35-41(3,4)36-37-44-39(43)33-30-28-26-24-22-20-18-16-14-12-10-8-6-2/h5-37H2,1-4H3/p+1. The van der Waals surface area contributed by atoms with Gasteiger partial charge in [-0.05, 0) is 12.8 Å². The van der Waals surface area contributed by atoms with Gasteiger partial charge in [0.25, 0.3) is 0 Å². The Balaban J connectivity index is 3.49. The van der Waals surface area contributed by atoms with Crippen molar-refractivity contribution in [3.63, 3.8) is 0 Å². The van der Waals surface area contributed by atoms with E-state index in [9.17, 15) is 9.59 Å². The van der Waals surface area contributed by atoms with Gasteiger partial charge in [-0.3, -0.25) is 9.59 Å². The number of likely N-dealkylation sites (N-methyl/N-ethyl adjacent to an activating group) is 1. The SMILES string of the molecule is CCCCCCCCCCCCCCCC(=O)NCCC[N+](C)(C)CCOC(=O)CCCCCCCCCCCCCCC. The zero-order valence-corrected chi connectivity index (χ0v) is 30.5. The summed E-state index contributed by atoms with van der Waals surface area (Å²) in [5.74, 6) is 0.147. The molecule has 0 unspecified atom stereocenters. The quantitative estimate of drug-likeness (QED) is 0.0434. The Hall–Kier alpha value is -1.10. The fourth-order valence-electron chi connectivity index (χ4n) is 6.00. The molecule has 1 amide bonds. The number of amides is 1.